The number of pyridine rings is 1. The van der Waals surface area contributed by atoms with Crippen LogP contribution < -0.4 is 10.2 Å². The summed E-state index contributed by atoms with van der Waals surface area (Å²) < 4.78 is 5.25. The molecule has 0 atom stereocenters. The van der Waals surface area contributed by atoms with Gasteiger partial charge in [-0.15, -0.1) is 0 Å². The molecular weight excluding hydrogens is 302 g/mol. The summed E-state index contributed by atoms with van der Waals surface area (Å²) in [5, 5.41) is 4.06. The molecule has 0 radical (unpaired) electrons. The highest BCUT2D eigenvalue weighted by Crippen LogP contribution is 2.22. The van der Waals surface area contributed by atoms with Crippen LogP contribution in [-0.2, 0) is 17.8 Å². The number of hydrogen-bond donors (Lipinski definition) is 1. The van der Waals surface area contributed by atoms with Crippen LogP contribution in [0.5, 0.6) is 0 Å². The fraction of sp³-hybridized carbons (Fsp3) is 0.263. The first-order valence-electron chi connectivity index (χ1n) is 7.98. The number of hydrogen-bond acceptors (Lipinski definition) is 4. The Labute approximate surface area is 141 Å². The second-order valence-corrected chi connectivity index (χ2v) is 5.91. The Kier molecular flexibility index (Phi) is 4.79. The molecule has 1 N–H and O–H groups in total. The average molecular weight is 323 g/mol. The van der Waals surface area contributed by atoms with Gasteiger partial charge in [0.25, 0.3) is 0 Å². The molecule has 5 heteroatoms. The summed E-state index contributed by atoms with van der Waals surface area (Å²) in [6, 6.07) is 13.7. The van der Waals surface area contributed by atoms with Crippen molar-refractivity contribution in [3.8, 4) is 0 Å². The van der Waals surface area contributed by atoms with Gasteiger partial charge in [-0.1, -0.05) is 18.2 Å². The number of benzene rings is 1. The molecular formula is C19H21N3O2. The minimum atomic E-state index is 0.0127. The lowest BCUT2D eigenvalue weighted by Gasteiger charge is -2.15. The number of carbonyl (C=O) groups excluding carboxylic acids is 1. The minimum Gasteiger partial charge on any atom is -0.469 e. The van der Waals surface area contributed by atoms with Gasteiger partial charge in [0.05, 0.1) is 11.8 Å². The zero-order valence-corrected chi connectivity index (χ0v) is 14.0. The number of anilines is 1. The first-order chi connectivity index (χ1) is 11.6. The summed E-state index contributed by atoms with van der Waals surface area (Å²) in [6.07, 6.45) is 2.65. The number of fused-ring (bicyclic) bond motifs is 1. The molecule has 0 fully saturated rings. The zero-order chi connectivity index (χ0) is 16.9. The second-order valence-electron chi connectivity index (χ2n) is 5.91. The Bertz CT molecular complexity index is 826. The first kappa shape index (κ1) is 16.1. The molecule has 0 aliphatic carbocycles. The van der Waals surface area contributed by atoms with Gasteiger partial charge in [0.1, 0.15) is 11.6 Å². The largest absolute Gasteiger partial charge is 0.469 e. The third kappa shape index (κ3) is 3.74. The van der Waals surface area contributed by atoms with Gasteiger partial charge in [-0.3, -0.25) is 4.79 Å². The maximum Gasteiger partial charge on any atom is 0.220 e. The Morgan fingerprint density at radius 2 is 2.04 bits per heavy atom. The third-order valence-corrected chi connectivity index (χ3v) is 3.90. The van der Waals surface area contributed by atoms with Crippen LogP contribution in [-0.4, -0.2) is 25.0 Å². The maximum absolute atomic E-state index is 12.1. The number of nitrogens with one attached hydrogen (secondary N) is 1. The van der Waals surface area contributed by atoms with Crippen molar-refractivity contribution in [2.45, 2.75) is 19.4 Å². The summed E-state index contributed by atoms with van der Waals surface area (Å²) in [4.78, 5) is 18.7. The standard InChI is InChI=1S/C19H21N3O2/c1-22(2)18-12-14(16-7-3-4-8-17(16)21-18)13-20-19(23)10-9-15-6-5-11-24-15/h3-8,11-12H,9-10,13H2,1-2H3,(H,20,23). The van der Waals surface area contributed by atoms with Crippen molar-refractivity contribution < 1.29 is 9.21 Å². The fourth-order valence-corrected chi connectivity index (χ4v) is 2.58. The lowest BCUT2D eigenvalue weighted by molar-refractivity contribution is -0.121. The molecule has 0 unspecified atom stereocenters. The number of para-hydroxylation sites is 1. The number of furan rings is 1. The van der Waals surface area contributed by atoms with E-state index in [2.05, 4.69) is 10.3 Å². The predicted molar refractivity (Wildman–Crippen MR) is 94.9 cm³/mol. The monoisotopic (exact) mass is 323 g/mol. The highest BCUT2D eigenvalue weighted by atomic mass is 16.3. The highest BCUT2D eigenvalue weighted by Gasteiger charge is 2.09. The van der Waals surface area contributed by atoms with Crippen molar-refractivity contribution in [2.75, 3.05) is 19.0 Å². The van der Waals surface area contributed by atoms with Gasteiger partial charge in [0, 0.05) is 38.9 Å². The van der Waals surface area contributed by atoms with Crippen LogP contribution in [0.15, 0.2) is 53.1 Å². The van der Waals surface area contributed by atoms with Crippen LogP contribution in [0, 0.1) is 0 Å². The highest BCUT2D eigenvalue weighted by molar-refractivity contribution is 5.85. The number of nitrogens with zero attached hydrogens (tertiary/aromatic N) is 2. The van der Waals surface area contributed by atoms with Crippen molar-refractivity contribution in [3.63, 3.8) is 0 Å². The van der Waals surface area contributed by atoms with Gasteiger partial charge in [0.2, 0.25) is 5.91 Å². The fourth-order valence-electron chi connectivity index (χ4n) is 2.58. The lowest BCUT2D eigenvalue weighted by Crippen LogP contribution is -2.23. The van der Waals surface area contributed by atoms with E-state index in [1.165, 1.54) is 0 Å². The van der Waals surface area contributed by atoms with E-state index in [0.29, 0.717) is 19.4 Å². The molecule has 0 spiro atoms. The molecule has 1 aromatic carbocycles. The minimum absolute atomic E-state index is 0.0127. The van der Waals surface area contributed by atoms with E-state index >= 15 is 0 Å². The quantitative estimate of drug-likeness (QED) is 0.757. The average Bonchev–Trinajstić information content (AvgIpc) is 3.11. The topological polar surface area (TPSA) is 58.4 Å². The van der Waals surface area contributed by atoms with Crippen LogP contribution in [0.25, 0.3) is 10.9 Å². The smallest absolute Gasteiger partial charge is 0.220 e. The van der Waals surface area contributed by atoms with Crippen LogP contribution in [0.3, 0.4) is 0 Å². The predicted octanol–water partition coefficient (Wildman–Crippen LogP) is 3.14. The molecule has 0 aliphatic heterocycles. The molecule has 24 heavy (non-hydrogen) atoms. The summed E-state index contributed by atoms with van der Waals surface area (Å²) in [6.45, 7) is 0.487. The van der Waals surface area contributed by atoms with Crippen LogP contribution in [0.2, 0.25) is 0 Å². The summed E-state index contributed by atoms with van der Waals surface area (Å²) in [5.74, 6) is 1.72. The number of aryl methyl sites for hydroxylation is 1. The number of amides is 1. The normalized spacial score (nSPS) is 10.8. The van der Waals surface area contributed by atoms with E-state index in [-0.39, 0.29) is 5.91 Å². The molecule has 0 saturated heterocycles. The first-order valence-corrected chi connectivity index (χ1v) is 7.98. The van der Waals surface area contributed by atoms with Crippen molar-refractivity contribution in [3.05, 3.63) is 60.1 Å². The van der Waals surface area contributed by atoms with Gasteiger partial charge in [-0.2, -0.15) is 0 Å². The second kappa shape index (κ2) is 7.17. The number of aromatic nitrogens is 1. The van der Waals surface area contributed by atoms with Crippen molar-refractivity contribution in [1.82, 2.24) is 10.3 Å². The third-order valence-electron chi connectivity index (χ3n) is 3.90. The van der Waals surface area contributed by atoms with Crippen LogP contribution in [0.4, 0.5) is 5.82 Å². The van der Waals surface area contributed by atoms with Gasteiger partial charge in [-0.05, 0) is 29.8 Å². The maximum atomic E-state index is 12.1. The van der Waals surface area contributed by atoms with E-state index in [1.807, 2.05) is 61.5 Å². The molecule has 0 bridgehead atoms. The van der Waals surface area contributed by atoms with Crippen LogP contribution >= 0.6 is 0 Å². The molecule has 124 valence electrons. The molecule has 3 aromatic rings. The molecule has 0 aliphatic rings. The Hall–Kier alpha value is -2.82. The molecule has 2 heterocycles. The van der Waals surface area contributed by atoms with E-state index in [0.717, 1.165) is 28.0 Å². The van der Waals surface area contributed by atoms with Gasteiger partial charge in [0.15, 0.2) is 0 Å². The Balaban J connectivity index is 1.70. The SMILES string of the molecule is CN(C)c1cc(CNC(=O)CCc2ccco2)c2ccccc2n1. The van der Waals surface area contributed by atoms with Crippen LogP contribution in [0.1, 0.15) is 17.7 Å². The van der Waals surface area contributed by atoms with E-state index in [1.54, 1.807) is 6.26 Å². The number of rotatable bonds is 6. The molecule has 3 rings (SSSR count). The molecule has 0 saturated carbocycles. The van der Waals surface area contributed by atoms with E-state index in [9.17, 15) is 4.79 Å². The van der Waals surface area contributed by atoms with Crippen molar-refractivity contribution in [1.29, 1.82) is 0 Å². The summed E-state index contributed by atoms with van der Waals surface area (Å²) in [7, 11) is 3.92. The Morgan fingerprint density at radius 1 is 1.21 bits per heavy atom. The summed E-state index contributed by atoms with van der Waals surface area (Å²) in [5.41, 5.74) is 2.00. The summed E-state index contributed by atoms with van der Waals surface area (Å²) >= 11 is 0. The van der Waals surface area contributed by atoms with Crippen molar-refractivity contribution >= 4 is 22.6 Å². The molecule has 2 aromatic heterocycles. The van der Waals surface area contributed by atoms with E-state index in [4.69, 9.17) is 4.42 Å². The van der Waals surface area contributed by atoms with Gasteiger partial charge < -0.3 is 14.6 Å². The van der Waals surface area contributed by atoms with E-state index < -0.39 is 0 Å². The molecule has 1 amide bonds. The number of carbonyl (C=O) groups is 1. The lowest BCUT2D eigenvalue weighted by atomic mass is 10.1. The van der Waals surface area contributed by atoms with Crippen molar-refractivity contribution in [2.24, 2.45) is 0 Å². The molecule has 5 nitrogen and oxygen atoms in total. The Morgan fingerprint density at radius 3 is 2.79 bits per heavy atom. The van der Waals surface area contributed by atoms with Gasteiger partial charge >= 0.3 is 0 Å². The zero-order valence-electron chi connectivity index (χ0n) is 14.0. The van der Waals surface area contributed by atoms with Gasteiger partial charge in [-0.25, -0.2) is 4.98 Å².